The van der Waals surface area contributed by atoms with Gasteiger partial charge in [-0.15, -0.1) is 0 Å². The van der Waals surface area contributed by atoms with Crippen LogP contribution in [-0.4, -0.2) is 28.1 Å². The number of benzene rings is 1. The molecule has 9 heteroatoms. The summed E-state index contributed by atoms with van der Waals surface area (Å²) >= 11 is 6.14. The first-order valence-electron chi connectivity index (χ1n) is 8.07. The lowest BCUT2D eigenvalue weighted by atomic mass is 10.2. The van der Waals surface area contributed by atoms with Gasteiger partial charge in [-0.2, -0.15) is 0 Å². The Balaban J connectivity index is 1.87. The molecule has 0 saturated heterocycles. The summed E-state index contributed by atoms with van der Waals surface area (Å²) in [7, 11) is 1.55. The minimum absolute atomic E-state index is 0.190. The minimum atomic E-state index is -0.420. The zero-order valence-corrected chi connectivity index (χ0v) is 16.0. The van der Waals surface area contributed by atoms with Crippen LogP contribution in [0.2, 0.25) is 5.02 Å². The van der Waals surface area contributed by atoms with Crippen molar-refractivity contribution in [3.63, 3.8) is 0 Å². The Morgan fingerprint density at radius 3 is 2.56 bits per heavy atom. The number of aryl methyl sites for hydroxylation is 3. The lowest BCUT2D eigenvalue weighted by Crippen LogP contribution is -2.15. The molecule has 0 aliphatic heterocycles. The van der Waals surface area contributed by atoms with E-state index in [1.165, 1.54) is 0 Å². The van der Waals surface area contributed by atoms with Crippen molar-refractivity contribution in [2.75, 3.05) is 17.7 Å². The average Bonchev–Trinajstić information content (AvgIpc) is 3.02. The molecule has 2 aromatic heterocycles. The van der Waals surface area contributed by atoms with Crippen LogP contribution in [0.5, 0.6) is 5.75 Å². The Morgan fingerprint density at radius 2 is 1.89 bits per heavy atom. The summed E-state index contributed by atoms with van der Waals surface area (Å²) in [5, 5.41) is 10.1. The molecule has 3 aromatic rings. The first-order chi connectivity index (χ1) is 12.9. The fourth-order valence-corrected chi connectivity index (χ4v) is 2.58. The van der Waals surface area contributed by atoms with Gasteiger partial charge in [0.15, 0.2) is 5.82 Å². The molecular formula is C18H18ClN5O3. The Bertz CT molecular complexity index is 1000. The second-order valence-corrected chi connectivity index (χ2v) is 6.30. The van der Waals surface area contributed by atoms with Crippen molar-refractivity contribution < 1.29 is 14.1 Å². The maximum atomic E-state index is 12.4. The van der Waals surface area contributed by atoms with Gasteiger partial charge in [0.2, 0.25) is 0 Å². The summed E-state index contributed by atoms with van der Waals surface area (Å²) in [6.45, 7) is 5.32. The van der Waals surface area contributed by atoms with E-state index in [-0.39, 0.29) is 5.69 Å². The van der Waals surface area contributed by atoms with Gasteiger partial charge in [-0.3, -0.25) is 4.79 Å². The normalized spacial score (nSPS) is 10.6. The number of nitrogens with one attached hydrogen (secondary N) is 2. The number of rotatable bonds is 5. The van der Waals surface area contributed by atoms with E-state index in [4.69, 9.17) is 20.9 Å². The maximum Gasteiger partial charge on any atom is 0.275 e. The standard InChI is InChI=1S/C18H18ClN5O3/c1-9-5-13(15(26-4)7-12(9)19)22-16-8-14(20-11(3)21-16)18(25)23-17-6-10(2)27-24-17/h5-8H,1-4H3,(H,20,21,22)(H,23,24,25). The summed E-state index contributed by atoms with van der Waals surface area (Å²) < 4.78 is 10.3. The minimum Gasteiger partial charge on any atom is -0.495 e. The molecule has 0 spiro atoms. The number of amides is 1. The molecule has 3 rings (SSSR count). The molecule has 8 nitrogen and oxygen atoms in total. The predicted octanol–water partition coefficient (Wildman–Crippen LogP) is 4.05. The highest BCUT2D eigenvalue weighted by molar-refractivity contribution is 6.31. The van der Waals surface area contributed by atoms with Gasteiger partial charge in [0.05, 0.1) is 12.8 Å². The first kappa shape index (κ1) is 18.7. The van der Waals surface area contributed by atoms with Gasteiger partial charge in [0.25, 0.3) is 5.91 Å². The van der Waals surface area contributed by atoms with Crippen molar-refractivity contribution in [1.29, 1.82) is 0 Å². The van der Waals surface area contributed by atoms with Crippen LogP contribution in [0.1, 0.15) is 27.6 Å². The van der Waals surface area contributed by atoms with Gasteiger partial charge in [-0.05, 0) is 32.4 Å². The Hall–Kier alpha value is -3.13. The van der Waals surface area contributed by atoms with E-state index in [1.807, 2.05) is 13.0 Å². The highest BCUT2D eigenvalue weighted by Crippen LogP contribution is 2.32. The zero-order chi connectivity index (χ0) is 19.6. The van der Waals surface area contributed by atoms with Gasteiger partial charge < -0.3 is 19.9 Å². The Kier molecular flexibility index (Phi) is 5.27. The van der Waals surface area contributed by atoms with Crippen molar-refractivity contribution in [1.82, 2.24) is 15.1 Å². The second kappa shape index (κ2) is 7.63. The number of hydrogen-bond acceptors (Lipinski definition) is 7. The average molecular weight is 388 g/mol. The highest BCUT2D eigenvalue weighted by atomic mass is 35.5. The van der Waals surface area contributed by atoms with Crippen LogP contribution in [0.15, 0.2) is 28.8 Å². The lowest BCUT2D eigenvalue weighted by Gasteiger charge is -2.13. The van der Waals surface area contributed by atoms with E-state index >= 15 is 0 Å². The summed E-state index contributed by atoms with van der Waals surface area (Å²) in [6, 6.07) is 6.72. The fourth-order valence-electron chi connectivity index (χ4n) is 2.42. The van der Waals surface area contributed by atoms with Crippen LogP contribution in [0.3, 0.4) is 0 Å². The topological polar surface area (TPSA) is 102 Å². The molecule has 0 saturated carbocycles. The number of aromatic nitrogens is 3. The molecule has 27 heavy (non-hydrogen) atoms. The lowest BCUT2D eigenvalue weighted by molar-refractivity contribution is 0.102. The quantitative estimate of drug-likeness (QED) is 0.680. The van der Waals surface area contributed by atoms with Gasteiger partial charge in [-0.25, -0.2) is 9.97 Å². The van der Waals surface area contributed by atoms with Crippen LogP contribution >= 0.6 is 11.6 Å². The SMILES string of the molecule is COc1cc(Cl)c(C)cc1Nc1cc(C(=O)Nc2cc(C)on2)nc(C)n1. The number of carbonyl (C=O) groups excluding carboxylic acids is 1. The Labute approximate surface area is 160 Å². The summed E-state index contributed by atoms with van der Waals surface area (Å²) in [5.74, 6) is 1.94. The van der Waals surface area contributed by atoms with Crippen LogP contribution in [0, 0.1) is 20.8 Å². The highest BCUT2D eigenvalue weighted by Gasteiger charge is 2.14. The maximum absolute atomic E-state index is 12.4. The molecule has 140 valence electrons. The van der Waals surface area contributed by atoms with Crippen molar-refractivity contribution in [2.45, 2.75) is 20.8 Å². The predicted molar refractivity (Wildman–Crippen MR) is 102 cm³/mol. The molecule has 1 aromatic carbocycles. The van der Waals surface area contributed by atoms with Crippen molar-refractivity contribution in [3.05, 3.63) is 52.1 Å². The zero-order valence-electron chi connectivity index (χ0n) is 15.3. The third-order valence-corrected chi connectivity index (χ3v) is 4.09. The molecule has 2 heterocycles. The smallest absolute Gasteiger partial charge is 0.275 e. The summed E-state index contributed by atoms with van der Waals surface area (Å²) in [6.07, 6.45) is 0. The van der Waals surface area contributed by atoms with E-state index < -0.39 is 5.91 Å². The summed E-state index contributed by atoms with van der Waals surface area (Å²) in [5.41, 5.74) is 1.75. The fraction of sp³-hybridized carbons (Fsp3) is 0.222. The molecule has 0 aliphatic carbocycles. The first-order valence-corrected chi connectivity index (χ1v) is 8.45. The van der Waals surface area contributed by atoms with E-state index in [9.17, 15) is 4.79 Å². The van der Waals surface area contributed by atoms with Crippen LogP contribution in [0.4, 0.5) is 17.3 Å². The second-order valence-electron chi connectivity index (χ2n) is 5.89. The number of hydrogen-bond donors (Lipinski definition) is 2. The molecule has 0 unspecified atom stereocenters. The number of ether oxygens (including phenoxy) is 1. The van der Waals surface area contributed by atoms with E-state index in [0.29, 0.717) is 39.7 Å². The van der Waals surface area contributed by atoms with Crippen molar-refractivity contribution >= 4 is 34.8 Å². The Morgan fingerprint density at radius 1 is 1.11 bits per heavy atom. The van der Waals surface area contributed by atoms with E-state index in [0.717, 1.165) is 5.56 Å². The number of methoxy groups -OCH3 is 1. The third-order valence-electron chi connectivity index (χ3n) is 3.68. The van der Waals surface area contributed by atoms with Gasteiger partial charge in [0, 0.05) is 23.2 Å². The molecule has 2 N–H and O–H groups in total. The molecule has 0 radical (unpaired) electrons. The summed E-state index contributed by atoms with van der Waals surface area (Å²) in [4.78, 5) is 21.0. The van der Waals surface area contributed by atoms with E-state index in [1.54, 1.807) is 39.2 Å². The van der Waals surface area contributed by atoms with Gasteiger partial charge in [0.1, 0.15) is 28.8 Å². The monoisotopic (exact) mass is 387 g/mol. The molecule has 0 aliphatic rings. The van der Waals surface area contributed by atoms with Crippen molar-refractivity contribution in [3.8, 4) is 5.75 Å². The largest absolute Gasteiger partial charge is 0.495 e. The van der Waals surface area contributed by atoms with Gasteiger partial charge >= 0.3 is 0 Å². The third kappa shape index (κ3) is 4.35. The van der Waals surface area contributed by atoms with Crippen molar-refractivity contribution in [2.24, 2.45) is 0 Å². The molecule has 0 atom stereocenters. The number of halogens is 1. The van der Waals surface area contributed by atoms with E-state index in [2.05, 4.69) is 25.8 Å². The van der Waals surface area contributed by atoms with Crippen LogP contribution < -0.4 is 15.4 Å². The molecular weight excluding hydrogens is 370 g/mol. The number of carbonyl (C=O) groups is 1. The molecule has 0 bridgehead atoms. The van der Waals surface area contributed by atoms with Gasteiger partial charge in [-0.1, -0.05) is 16.8 Å². The molecule has 1 amide bonds. The van der Waals surface area contributed by atoms with Crippen LogP contribution in [0.25, 0.3) is 0 Å². The number of anilines is 3. The molecule has 0 fully saturated rings. The van der Waals surface area contributed by atoms with Crippen LogP contribution in [-0.2, 0) is 0 Å². The number of nitrogens with zero attached hydrogens (tertiary/aromatic N) is 3.